The van der Waals surface area contributed by atoms with Gasteiger partial charge in [-0.3, -0.25) is 4.79 Å². The maximum atomic E-state index is 12.8. The number of nitrogens with zero attached hydrogens (tertiary/aromatic N) is 2. The molecule has 0 spiro atoms. The topological polar surface area (TPSA) is 104 Å². The Balaban J connectivity index is 1.90. The van der Waals surface area contributed by atoms with Gasteiger partial charge in [-0.1, -0.05) is 6.07 Å². The Morgan fingerprint density at radius 1 is 1.10 bits per heavy atom. The number of nitrogens with one attached hydrogen (secondary N) is 1. The summed E-state index contributed by atoms with van der Waals surface area (Å²) in [5, 5.41) is 5.84. The van der Waals surface area contributed by atoms with Crippen LogP contribution in [0.25, 0.3) is 27.5 Å². The molecule has 0 aliphatic rings. The third-order valence-corrected chi connectivity index (χ3v) is 5.14. The number of pyridine rings is 1. The van der Waals surface area contributed by atoms with Gasteiger partial charge in [0.05, 0.1) is 24.9 Å². The number of hydrogen-bond acceptors (Lipinski definition) is 6. The van der Waals surface area contributed by atoms with E-state index in [4.69, 9.17) is 25.0 Å². The quantitative estimate of drug-likeness (QED) is 0.475. The van der Waals surface area contributed by atoms with Crippen molar-refractivity contribution in [3.63, 3.8) is 0 Å². The second-order valence-corrected chi connectivity index (χ2v) is 7.13. The molecule has 0 unspecified atom stereocenters. The number of anilines is 1. The van der Waals surface area contributed by atoms with Crippen LogP contribution in [0.2, 0.25) is 0 Å². The zero-order valence-corrected chi connectivity index (χ0v) is 17.4. The zero-order valence-electron chi connectivity index (χ0n) is 17.4. The second-order valence-electron chi connectivity index (χ2n) is 7.13. The van der Waals surface area contributed by atoms with Crippen molar-refractivity contribution in [3.8, 4) is 17.2 Å². The smallest absolute Gasteiger partial charge is 0.261 e. The molecule has 4 rings (SSSR count). The fraction of sp³-hybridized carbons (Fsp3) is 0.273. The molecule has 30 heavy (non-hydrogen) atoms. The van der Waals surface area contributed by atoms with Crippen LogP contribution in [0.5, 0.6) is 11.5 Å². The van der Waals surface area contributed by atoms with Crippen LogP contribution < -0.4 is 20.8 Å². The highest BCUT2D eigenvalue weighted by atomic mass is 16.5. The lowest BCUT2D eigenvalue weighted by Crippen LogP contribution is -2.09. The van der Waals surface area contributed by atoms with Crippen LogP contribution in [0.1, 0.15) is 11.1 Å². The van der Waals surface area contributed by atoms with Crippen molar-refractivity contribution in [2.24, 2.45) is 0 Å². The molecule has 0 fully saturated rings. The number of nitrogen functional groups attached to an aromatic ring is 1. The number of rotatable bonds is 6. The number of fused-ring (bicyclic) bond motifs is 3. The standard InChI is InChI=1S/C22H24N4O4/c1-12-9-13(2)18(29-4)11-17(12)26-21(23)19-20(25-26)15-6-5-14(30-8-7-28-3)10-16(15)24-22(19)27/h5-6,9-11H,7-8,23H2,1-4H3,(H,24,27). The summed E-state index contributed by atoms with van der Waals surface area (Å²) in [5.41, 5.74) is 9.99. The van der Waals surface area contributed by atoms with E-state index in [0.29, 0.717) is 35.4 Å². The number of hydrogen-bond donors (Lipinski definition) is 2. The molecular formula is C22H24N4O4. The van der Waals surface area contributed by atoms with E-state index in [0.717, 1.165) is 28.0 Å². The summed E-state index contributed by atoms with van der Waals surface area (Å²) in [6.45, 7) is 4.85. The molecule has 0 amide bonds. The predicted octanol–water partition coefficient (Wildman–Crippen LogP) is 3.10. The molecule has 156 valence electrons. The molecule has 8 nitrogen and oxygen atoms in total. The van der Waals surface area contributed by atoms with Gasteiger partial charge in [-0.05, 0) is 37.1 Å². The van der Waals surface area contributed by atoms with E-state index >= 15 is 0 Å². The van der Waals surface area contributed by atoms with E-state index in [9.17, 15) is 4.79 Å². The first-order valence-corrected chi connectivity index (χ1v) is 9.56. The lowest BCUT2D eigenvalue weighted by atomic mass is 10.1. The first kappa shape index (κ1) is 19.8. The SMILES string of the molecule is COCCOc1ccc2c(c1)[nH]c(=O)c1c(N)n(-c3cc(OC)c(C)cc3C)nc12. The van der Waals surface area contributed by atoms with Gasteiger partial charge in [-0.2, -0.15) is 5.10 Å². The molecule has 2 aromatic heterocycles. The summed E-state index contributed by atoms with van der Waals surface area (Å²) in [4.78, 5) is 15.7. The van der Waals surface area contributed by atoms with Crippen LogP contribution in [0.15, 0.2) is 35.1 Å². The lowest BCUT2D eigenvalue weighted by Gasteiger charge is -2.12. The van der Waals surface area contributed by atoms with Gasteiger partial charge in [0.1, 0.15) is 34.8 Å². The number of aromatic nitrogens is 3. The third kappa shape index (κ3) is 3.25. The van der Waals surface area contributed by atoms with E-state index in [1.54, 1.807) is 25.0 Å². The van der Waals surface area contributed by atoms with Crippen LogP contribution in [0.4, 0.5) is 5.82 Å². The van der Waals surface area contributed by atoms with Crippen LogP contribution in [0, 0.1) is 13.8 Å². The number of benzene rings is 2. The van der Waals surface area contributed by atoms with Gasteiger partial charge in [-0.25, -0.2) is 4.68 Å². The summed E-state index contributed by atoms with van der Waals surface area (Å²) in [7, 11) is 3.24. The highest BCUT2D eigenvalue weighted by Gasteiger charge is 2.18. The lowest BCUT2D eigenvalue weighted by molar-refractivity contribution is 0.146. The van der Waals surface area contributed by atoms with Crippen molar-refractivity contribution in [2.45, 2.75) is 13.8 Å². The number of aromatic amines is 1. The Morgan fingerprint density at radius 3 is 2.63 bits per heavy atom. The average molecular weight is 408 g/mol. The molecule has 8 heteroatoms. The largest absolute Gasteiger partial charge is 0.496 e. The first-order valence-electron chi connectivity index (χ1n) is 9.56. The Morgan fingerprint density at radius 2 is 1.90 bits per heavy atom. The van der Waals surface area contributed by atoms with Crippen molar-refractivity contribution in [1.29, 1.82) is 0 Å². The van der Waals surface area contributed by atoms with E-state index in [-0.39, 0.29) is 11.4 Å². The van der Waals surface area contributed by atoms with Crippen LogP contribution in [0.3, 0.4) is 0 Å². The van der Waals surface area contributed by atoms with E-state index < -0.39 is 0 Å². The van der Waals surface area contributed by atoms with E-state index in [1.807, 2.05) is 38.1 Å². The summed E-state index contributed by atoms with van der Waals surface area (Å²) in [6, 6.07) is 9.37. The minimum atomic E-state index is -0.299. The maximum Gasteiger partial charge on any atom is 0.261 e. The van der Waals surface area contributed by atoms with Crippen molar-refractivity contribution >= 4 is 27.6 Å². The Bertz CT molecular complexity index is 1310. The van der Waals surface area contributed by atoms with Gasteiger partial charge < -0.3 is 24.9 Å². The Hall–Kier alpha value is -3.52. The Labute approximate surface area is 173 Å². The predicted molar refractivity (Wildman–Crippen MR) is 117 cm³/mol. The van der Waals surface area contributed by atoms with Crippen molar-refractivity contribution in [1.82, 2.24) is 14.8 Å². The molecule has 0 radical (unpaired) electrons. The third-order valence-electron chi connectivity index (χ3n) is 5.14. The van der Waals surface area contributed by atoms with Crippen molar-refractivity contribution in [3.05, 3.63) is 51.8 Å². The molecule has 3 N–H and O–H groups in total. The minimum Gasteiger partial charge on any atom is -0.496 e. The number of nitrogens with two attached hydrogens (primary N) is 1. The molecule has 2 heterocycles. The number of aryl methyl sites for hydroxylation is 2. The van der Waals surface area contributed by atoms with Gasteiger partial charge in [0.15, 0.2) is 0 Å². The normalized spacial score (nSPS) is 11.3. The van der Waals surface area contributed by atoms with Crippen molar-refractivity contribution < 1.29 is 14.2 Å². The molecule has 0 aliphatic carbocycles. The number of H-pyrrole nitrogens is 1. The van der Waals surface area contributed by atoms with E-state index in [2.05, 4.69) is 4.98 Å². The number of methoxy groups -OCH3 is 2. The summed E-state index contributed by atoms with van der Waals surface area (Å²) in [6.07, 6.45) is 0. The molecule has 2 aromatic carbocycles. The van der Waals surface area contributed by atoms with Gasteiger partial charge in [-0.15, -0.1) is 0 Å². The number of ether oxygens (including phenoxy) is 3. The summed E-state index contributed by atoms with van der Waals surface area (Å²) in [5.74, 6) is 1.65. The molecule has 0 aliphatic heterocycles. The van der Waals surface area contributed by atoms with Gasteiger partial charge in [0.25, 0.3) is 5.56 Å². The fourth-order valence-electron chi connectivity index (χ4n) is 3.65. The highest BCUT2D eigenvalue weighted by molar-refractivity contribution is 6.07. The van der Waals surface area contributed by atoms with Crippen molar-refractivity contribution in [2.75, 3.05) is 33.2 Å². The molecular weight excluding hydrogens is 384 g/mol. The molecule has 0 saturated heterocycles. The van der Waals surface area contributed by atoms with Gasteiger partial charge in [0, 0.05) is 24.6 Å². The van der Waals surface area contributed by atoms with E-state index in [1.165, 1.54) is 0 Å². The highest BCUT2D eigenvalue weighted by Crippen LogP contribution is 2.31. The van der Waals surface area contributed by atoms with Gasteiger partial charge in [0.2, 0.25) is 0 Å². The zero-order chi connectivity index (χ0) is 21.4. The van der Waals surface area contributed by atoms with Gasteiger partial charge >= 0.3 is 0 Å². The first-order chi connectivity index (χ1) is 14.4. The summed E-state index contributed by atoms with van der Waals surface area (Å²) < 4.78 is 17.7. The average Bonchev–Trinajstić information content (AvgIpc) is 3.06. The minimum absolute atomic E-state index is 0.280. The molecule has 0 bridgehead atoms. The van der Waals surface area contributed by atoms with Crippen LogP contribution in [-0.4, -0.2) is 42.2 Å². The molecule has 0 saturated carbocycles. The Kier molecular flexibility index (Phi) is 5.09. The van der Waals surface area contributed by atoms with Crippen LogP contribution >= 0.6 is 0 Å². The fourth-order valence-corrected chi connectivity index (χ4v) is 3.65. The molecule has 0 atom stereocenters. The molecule has 4 aromatic rings. The van der Waals surface area contributed by atoms with Crippen LogP contribution in [-0.2, 0) is 4.74 Å². The second kappa shape index (κ2) is 7.72. The monoisotopic (exact) mass is 408 g/mol. The summed E-state index contributed by atoms with van der Waals surface area (Å²) >= 11 is 0. The maximum absolute atomic E-state index is 12.8.